The van der Waals surface area contributed by atoms with Gasteiger partial charge in [-0.2, -0.15) is 0 Å². The zero-order valence-electron chi connectivity index (χ0n) is 11.0. The van der Waals surface area contributed by atoms with Crippen molar-refractivity contribution in [3.8, 4) is 0 Å². The lowest BCUT2D eigenvalue weighted by molar-refractivity contribution is 0.581. The molecule has 0 saturated carbocycles. The molecule has 0 aliphatic carbocycles. The van der Waals surface area contributed by atoms with E-state index in [4.69, 9.17) is 34.8 Å². The summed E-state index contributed by atoms with van der Waals surface area (Å²) in [5, 5.41) is 1.12. The van der Waals surface area contributed by atoms with Crippen LogP contribution in [-0.2, 0) is 16.6 Å². The summed E-state index contributed by atoms with van der Waals surface area (Å²) in [4.78, 5) is 0.0727. The smallest absolute Gasteiger partial charge is 0.207 e. The van der Waals surface area contributed by atoms with Crippen LogP contribution in [0.2, 0.25) is 15.1 Å². The first-order valence-electron chi connectivity index (χ1n) is 5.99. The molecule has 2 rings (SSSR count). The van der Waals surface area contributed by atoms with Crippen molar-refractivity contribution in [3.05, 3.63) is 62.6 Å². The van der Waals surface area contributed by atoms with Gasteiger partial charge in [0.25, 0.3) is 0 Å². The molecule has 0 bridgehead atoms. The molecule has 0 spiro atoms. The molecule has 0 heterocycles. The molecule has 0 fully saturated rings. The summed E-state index contributed by atoms with van der Waals surface area (Å²) in [5.41, 5.74) is 1.77. The SMILES string of the molecule is Cc1cc(Cl)ccc1CNS(=O)(=O)c1ccc(Cl)c(Cl)c1. The average molecular weight is 365 g/mol. The molecule has 2 aromatic rings. The van der Waals surface area contributed by atoms with Crippen molar-refractivity contribution in [1.29, 1.82) is 0 Å². The van der Waals surface area contributed by atoms with E-state index in [-0.39, 0.29) is 16.5 Å². The first-order chi connectivity index (χ1) is 9.79. The Labute approximate surface area is 138 Å². The van der Waals surface area contributed by atoms with Crippen LogP contribution in [0.15, 0.2) is 41.3 Å². The Kier molecular flexibility index (Phi) is 5.17. The van der Waals surface area contributed by atoms with Gasteiger partial charge in [-0.25, -0.2) is 13.1 Å². The lowest BCUT2D eigenvalue weighted by Crippen LogP contribution is -2.23. The summed E-state index contributed by atoms with van der Waals surface area (Å²) in [5.74, 6) is 0. The lowest BCUT2D eigenvalue weighted by Gasteiger charge is -2.10. The van der Waals surface area contributed by atoms with Crippen molar-refractivity contribution < 1.29 is 8.42 Å². The molecule has 0 saturated heterocycles. The molecule has 0 aliphatic rings. The van der Waals surface area contributed by atoms with E-state index in [0.717, 1.165) is 11.1 Å². The fourth-order valence-electron chi connectivity index (χ4n) is 1.76. The highest BCUT2D eigenvalue weighted by molar-refractivity contribution is 7.89. The average Bonchev–Trinajstić information content (AvgIpc) is 2.40. The molecule has 0 unspecified atom stereocenters. The Morgan fingerprint density at radius 2 is 1.71 bits per heavy atom. The number of sulfonamides is 1. The molecule has 1 N–H and O–H groups in total. The van der Waals surface area contributed by atoms with Crippen LogP contribution in [0.3, 0.4) is 0 Å². The second-order valence-corrected chi connectivity index (χ2v) is 7.49. The van der Waals surface area contributed by atoms with Crippen molar-refractivity contribution in [2.75, 3.05) is 0 Å². The molecule has 2 aromatic carbocycles. The minimum atomic E-state index is -3.65. The largest absolute Gasteiger partial charge is 0.240 e. The van der Waals surface area contributed by atoms with Crippen molar-refractivity contribution in [1.82, 2.24) is 4.72 Å². The molecule has 0 radical (unpaired) electrons. The maximum Gasteiger partial charge on any atom is 0.240 e. The van der Waals surface area contributed by atoms with E-state index in [9.17, 15) is 8.42 Å². The molecule has 7 heteroatoms. The number of rotatable bonds is 4. The number of aryl methyl sites for hydroxylation is 1. The topological polar surface area (TPSA) is 46.2 Å². The Hall–Kier alpha value is -0.780. The van der Waals surface area contributed by atoms with Crippen LogP contribution >= 0.6 is 34.8 Å². The van der Waals surface area contributed by atoms with Crippen molar-refractivity contribution in [2.45, 2.75) is 18.4 Å². The molecular formula is C14H12Cl3NO2S. The predicted molar refractivity (Wildman–Crippen MR) is 86.7 cm³/mol. The maximum absolute atomic E-state index is 12.2. The Morgan fingerprint density at radius 1 is 1.00 bits per heavy atom. The minimum Gasteiger partial charge on any atom is -0.207 e. The van der Waals surface area contributed by atoms with Gasteiger partial charge in [0.15, 0.2) is 0 Å². The van der Waals surface area contributed by atoms with E-state index < -0.39 is 10.0 Å². The summed E-state index contributed by atoms with van der Waals surface area (Å²) in [6.45, 7) is 2.04. The maximum atomic E-state index is 12.2. The molecule has 3 nitrogen and oxygen atoms in total. The highest BCUT2D eigenvalue weighted by atomic mass is 35.5. The third kappa shape index (κ3) is 4.11. The number of nitrogens with one attached hydrogen (secondary N) is 1. The summed E-state index contributed by atoms with van der Waals surface area (Å²) >= 11 is 17.5. The van der Waals surface area contributed by atoms with E-state index in [2.05, 4.69) is 4.72 Å². The molecular weight excluding hydrogens is 353 g/mol. The number of benzene rings is 2. The van der Waals surface area contributed by atoms with E-state index in [1.54, 1.807) is 18.2 Å². The summed E-state index contributed by atoms with van der Waals surface area (Å²) < 4.78 is 26.9. The molecule has 0 atom stereocenters. The molecule has 0 aromatic heterocycles. The van der Waals surface area contributed by atoms with Crippen LogP contribution in [0.25, 0.3) is 0 Å². The van der Waals surface area contributed by atoms with Crippen LogP contribution in [0.4, 0.5) is 0 Å². The van der Waals surface area contributed by atoms with Gasteiger partial charge in [-0.05, 0) is 48.4 Å². The summed E-state index contributed by atoms with van der Waals surface area (Å²) in [6, 6.07) is 9.47. The second-order valence-electron chi connectivity index (χ2n) is 4.47. The number of hydrogen-bond donors (Lipinski definition) is 1. The van der Waals surface area contributed by atoms with Crippen LogP contribution < -0.4 is 4.72 Å². The number of halogens is 3. The van der Waals surface area contributed by atoms with E-state index in [1.165, 1.54) is 18.2 Å². The molecule has 0 aliphatic heterocycles. The monoisotopic (exact) mass is 363 g/mol. The van der Waals surface area contributed by atoms with Crippen LogP contribution in [0.1, 0.15) is 11.1 Å². The molecule has 112 valence electrons. The van der Waals surface area contributed by atoms with Crippen molar-refractivity contribution >= 4 is 44.8 Å². The summed E-state index contributed by atoms with van der Waals surface area (Å²) in [7, 11) is -3.65. The first kappa shape index (κ1) is 16.6. The Morgan fingerprint density at radius 3 is 2.33 bits per heavy atom. The van der Waals surface area contributed by atoms with Crippen LogP contribution in [0, 0.1) is 6.92 Å². The van der Waals surface area contributed by atoms with Crippen molar-refractivity contribution in [3.63, 3.8) is 0 Å². The third-order valence-corrected chi connectivity index (χ3v) is 5.33. The van der Waals surface area contributed by atoms with Crippen LogP contribution in [-0.4, -0.2) is 8.42 Å². The standard InChI is InChI=1S/C14H12Cl3NO2S/c1-9-6-11(15)3-2-10(9)8-18-21(19,20)12-4-5-13(16)14(17)7-12/h2-7,18H,8H2,1H3. The molecule has 21 heavy (non-hydrogen) atoms. The number of hydrogen-bond acceptors (Lipinski definition) is 2. The Balaban J connectivity index is 2.19. The first-order valence-corrected chi connectivity index (χ1v) is 8.61. The zero-order chi connectivity index (χ0) is 15.6. The van der Waals surface area contributed by atoms with Gasteiger partial charge < -0.3 is 0 Å². The van der Waals surface area contributed by atoms with E-state index in [0.29, 0.717) is 10.0 Å². The van der Waals surface area contributed by atoms with Gasteiger partial charge in [-0.15, -0.1) is 0 Å². The zero-order valence-corrected chi connectivity index (χ0v) is 14.1. The minimum absolute atomic E-state index is 0.0727. The van der Waals surface area contributed by atoms with Gasteiger partial charge in [0, 0.05) is 11.6 Å². The van der Waals surface area contributed by atoms with Gasteiger partial charge in [0.1, 0.15) is 0 Å². The van der Waals surface area contributed by atoms with Gasteiger partial charge in [0.2, 0.25) is 10.0 Å². The van der Waals surface area contributed by atoms with Gasteiger partial charge in [-0.1, -0.05) is 40.9 Å². The van der Waals surface area contributed by atoms with E-state index in [1.807, 2.05) is 6.92 Å². The summed E-state index contributed by atoms with van der Waals surface area (Å²) in [6.07, 6.45) is 0. The van der Waals surface area contributed by atoms with E-state index >= 15 is 0 Å². The normalized spacial score (nSPS) is 11.6. The van der Waals surface area contributed by atoms with Gasteiger partial charge in [0.05, 0.1) is 14.9 Å². The highest BCUT2D eigenvalue weighted by Gasteiger charge is 2.15. The second kappa shape index (κ2) is 6.55. The predicted octanol–water partition coefficient (Wildman–Crippen LogP) is 4.43. The lowest BCUT2D eigenvalue weighted by atomic mass is 10.1. The third-order valence-electron chi connectivity index (χ3n) is 2.96. The highest BCUT2D eigenvalue weighted by Crippen LogP contribution is 2.25. The quantitative estimate of drug-likeness (QED) is 0.872. The Bertz CT molecular complexity index is 776. The fraction of sp³-hybridized carbons (Fsp3) is 0.143. The fourth-order valence-corrected chi connectivity index (χ4v) is 3.38. The van der Waals surface area contributed by atoms with Crippen molar-refractivity contribution in [2.24, 2.45) is 0 Å². The van der Waals surface area contributed by atoms with Gasteiger partial charge in [-0.3, -0.25) is 0 Å². The van der Waals surface area contributed by atoms with Gasteiger partial charge >= 0.3 is 0 Å². The molecule has 0 amide bonds. The van der Waals surface area contributed by atoms with Crippen LogP contribution in [0.5, 0.6) is 0 Å².